The first kappa shape index (κ1) is 13.4. The SMILES string of the molecule is CC(C)NC(=O)CNC(=O)c1cccnc1Cl. The number of hydrogen-bond acceptors (Lipinski definition) is 3. The van der Waals surface area contributed by atoms with E-state index in [9.17, 15) is 9.59 Å². The number of carbonyl (C=O) groups is 2. The molecule has 1 aromatic heterocycles. The number of aromatic nitrogens is 1. The molecule has 0 radical (unpaired) electrons. The van der Waals surface area contributed by atoms with E-state index in [4.69, 9.17) is 11.6 Å². The Morgan fingerprint density at radius 2 is 2.18 bits per heavy atom. The number of halogens is 1. The monoisotopic (exact) mass is 255 g/mol. The number of hydrogen-bond donors (Lipinski definition) is 2. The normalized spacial score (nSPS) is 10.1. The minimum atomic E-state index is -0.415. The van der Waals surface area contributed by atoms with Gasteiger partial charge in [-0.3, -0.25) is 9.59 Å². The van der Waals surface area contributed by atoms with Crippen LogP contribution in [0.15, 0.2) is 18.3 Å². The summed E-state index contributed by atoms with van der Waals surface area (Å²) in [5.74, 6) is -0.657. The van der Waals surface area contributed by atoms with Crippen molar-refractivity contribution >= 4 is 23.4 Å². The van der Waals surface area contributed by atoms with E-state index in [0.717, 1.165) is 0 Å². The molecular formula is C11H14ClN3O2. The lowest BCUT2D eigenvalue weighted by atomic mass is 10.2. The van der Waals surface area contributed by atoms with Gasteiger partial charge in [-0.2, -0.15) is 0 Å². The van der Waals surface area contributed by atoms with E-state index in [-0.39, 0.29) is 29.2 Å². The molecule has 0 unspecified atom stereocenters. The van der Waals surface area contributed by atoms with Crippen LogP contribution in [0, 0.1) is 0 Å². The van der Waals surface area contributed by atoms with Crippen molar-refractivity contribution in [1.29, 1.82) is 0 Å². The Morgan fingerprint density at radius 3 is 2.76 bits per heavy atom. The molecule has 6 heteroatoms. The van der Waals surface area contributed by atoms with Gasteiger partial charge in [-0.05, 0) is 26.0 Å². The molecule has 92 valence electrons. The third-order valence-corrected chi connectivity index (χ3v) is 2.16. The van der Waals surface area contributed by atoms with Crippen molar-refractivity contribution in [2.75, 3.05) is 6.54 Å². The summed E-state index contributed by atoms with van der Waals surface area (Å²) >= 11 is 5.75. The number of rotatable bonds is 4. The summed E-state index contributed by atoms with van der Waals surface area (Å²) in [6.45, 7) is 3.61. The average Bonchev–Trinajstić information content (AvgIpc) is 2.25. The van der Waals surface area contributed by atoms with Crippen LogP contribution in [0.2, 0.25) is 5.15 Å². The minimum absolute atomic E-state index is 0.0429. The molecule has 1 aromatic rings. The minimum Gasteiger partial charge on any atom is -0.352 e. The van der Waals surface area contributed by atoms with Crippen molar-refractivity contribution in [3.8, 4) is 0 Å². The molecule has 0 saturated heterocycles. The zero-order valence-corrected chi connectivity index (χ0v) is 10.4. The summed E-state index contributed by atoms with van der Waals surface area (Å²) in [6, 6.07) is 3.20. The Labute approximate surface area is 105 Å². The van der Waals surface area contributed by atoms with Gasteiger partial charge in [0.25, 0.3) is 5.91 Å². The second-order valence-corrected chi connectivity index (χ2v) is 4.10. The largest absolute Gasteiger partial charge is 0.352 e. The molecular weight excluding hydrogens is 242 g/mol. The highest BCUT2D eigenvalue weighted by Crippen LogP contribution is 2.10. The molecule has 0 spiro atoms. The van der Waals surface area contributed by atoms with E-state index < -0.39 is 5.91 Å². The van der Waals surface area contributed by atoms with Gasteiger partial charge < -0.3 is 10.6 Å². The predicted molar refractivity (Wildman–Crippen MR) is 64.9 cm³/mol. The number of amides is 2. The molecule has 2 N–H and O–H groups in total. The maximum absolute atomic E-state index is 11.6. The lowest BCUT2D eigenvalue weighted by Gasteiger charge is -2.09. The molecule has 1 rings (SSSR count). The van der Waals surface area contributed by atoms with Gasteiger partial charge in [0.2, 0.25) is 5.91 Å². The highest BCUT2D eigenvalue weighted by atomic mass is 35.5. The first-order chi connectivity index (χ1) is 8.00. The maximum atomic E-state index is 11.6. The third-order valence-electron chi connectivity index (χ3n) is 1.86. The topological polar surface area (TPSA) is 71.1 Å². The Hall–Kier alpha value is -1.62. The van der Waals surface area contributed by atoms with E-state index in [1.165, 1.54) is 6.20 Å². The summed E-state index contributed by atoms with van der Waals surface area (Å²) in [7, 11) is 0. The van der Waals surface area contributed by atoms with Crippen molar-refractivity contribution < 1.29 is 9.59 Å². The molecule has 0 saturated carbocycles. The van der Waals surface area contributed by atoms with Gasteiger partial charge in [0.1, 0.15) is 5.15 Å². The maximum Gasteiger partial charge on any atom is 0.254 e. The quantitative estimate of drug-likeness (QED) is 0.789. The molecule has 1 heterocycles. The Balaban J connectivity index is 2.51. The second kappa shape index (κ2) is 6.20. The van der Waals surface area contributed by atoms with E-state index in [1.807, 2.05) is 13.8 Å². The van der Waals surface area contributed by atoms with E-state index in [0.29, 0.717) is 0 Å². The van der Waals surface area contributed by atoms with Gasteiger partial charge in [0.05, 0.1) is 12.1 Å². The van der Waals surface area contributed by atoms with Crippen LogP contribution in [-0.4, -0.2) is 29.4 Å². The van der Waals surface area contributed by atoms with Crippen LogP contribution in [0.4, 0.5) is 0 Å². The zero-order valence-electron chi connectivity index (χ0n) is 9.66. The molecule has 0 aliphatic carbocycles. The van der Waals surface area contributed by atoms with Crippen LogP contribution in [0.3, 0.4) is 0 Å². The summed E-state index contributed by atoms with van der Waals surface area (Å²) in [6.07, 6.45) is 1.49. The van der Waals surface area contributed by atoms with Gasteiger partial charge >= 0.3 is 0 Å². The molecule has 5 nitrogen and oxygen atoms in total. The van der Waals surface area contributed by atoms with E-state index in [2.05, 4.69) is 15.6 Å². The molecule has 2 amide bonds. The summed E-state index contributed by atoms with van der Waals surface area (Å²) in [4.78, 5) is 26.7. The number of carbonyl (C=O) groups excluding carboxylic acids is 2. The molecule has 0 fully saturated rings. The van der Waals surface area contributed by atoms with Crippen LogP contribution in [0.5, 0.6) is 0 Å². The van der Waals surface area contributed by atoms with Crippen LogP contribution in [0.1, 0.15) is 24.2 Å². The highest BCUT2D eigenvalue weighted by molar-refractivity contribution is 6.32. The number of nitrogens with zero attached hydrogens (tertiary/aromatic N) is 1. The Morgan fingerprint density at radius 1 is 1.47 bits per heavy atom. The van der Waals surface area contributed by atoms with Gasteiger partial charge in [-0.15, -0.1) is 0 Å². The van der Waals surface area contributed by atoms with Crippen molar-refractivity contribution in [2.45, 2.75) is 19.9 Å². The number of nitrogens with one attached hydrogen (secondary N) is 2. The summed E-state index contributed by atoms with van der Waals surface area (Å²) in [5, 5.41) is 5.25. The van der Waals surface area contributed by atoms with E-state index in [1.54, 1.807) is 12.1 Å². The van der Waals surface area contributed by atoms with Crippen molar-refractivity contribution in [2.24, 2.45) is 0 Å². The summed E-state index contributed by atoms with van der Waals surface area (Å²) in [5.41, 5.74) is 0.256. The average molecular weight is 256 g/mol. The van der Waals surface area contributed by atoms with Crippen LogP contribution >= 0.6 is 11.6 Å². The fourth-order valence-electron chi connectivity index (χ4n) is 1.18. The highest BCUT2D eigenvalue weighted by Gasteiger charge is 2.11. The molecule has 0 bridgehead atoms. The molecule has 0 aliphatic rings. The molecule has 0 atom stereocenters. The van der Waals surface area contributed by atoms with Gasteiger partial charge in [0, 0.05) is 12.2 Å². The van der Waals surface area contributed by atoms with Gasteiger partial charge in [-0.25, -0.2) is 4.98 Å². The fourth-order valence-corrected chi connectivity index (χ4v) is 1.39. The standard InChI is InChI=1S/C11H14ClN3O2/c1-7(2)15-9(16)6-14-11(17)8-4-3-5-13-10(8)12/h3-5,7H,6H2,1-2H3,(H,14,17)(H,15,16). The van der Waals surface area contributed by atoms with Crippen molar-refractivity contribution in [3.63, 3.8) is 0 Å². The van der Waals surface area contributed by atoms with E-state index >= 15 is 0 Å². The van der Waals surface area contributed by atoms with Crippen LogP contribution in [-0.2, 0) is 4.79 Å². The summed E-state index contributed by atoms with van der Waals surface area (Å²) < 4.78 is 0. The first-order valence-corrected chi connectivity index (χ1v) is 5.56. The molecule has 17 heavy (non-hydrogen) atoms. The van der Waals surface area contributed by atoms with Gasteiger partial charge in [0.15, 0.2) is 0 Å². The van der Waals surface area contributed by atoms with Crippen molar-refractivity contribution in [3.05, 3.63) is 29.0 Å². The lowest BCUT2D eigenvalue weighted by Crippen LogP contribution is -2.39. The Bertz CT molecular complexity index is 421. The fraction of sp³-hybridized carbons (Fsp3) is 0.364. The third kappa shape index (κ3) is 4.40. The Kier molecular flexibility index (Phi) is 4.90. The zero-order chi connectivity index (χ0) is 12.8. The smallest absolute Gasteiger partial charge is 0.254 e. The first-order valence-electron chi connectivity index (χ1n) is 5.18. The lowest BCUT2D eigenvalue weighted by molar-refractivity contribution is -0.120. The molecule has 0 aliphatic heterocycles. The van der Waals surface area contributed by atoms with Gasteiger partial charge in [-0.1, -0.05) is 11.6 Å². The predicted octanol–water partition coefficient (Wildman–Crippen LogP) is 0.989. The number of pyridine rings is 1. The van der Waals surface area contributed by atoms with Crippen LogP contribution in [0.25, 0.3) is 0 Å². The van der Waals surface area contributed by atoms with Crippen LogP contribution < -0.4 is 10.6 Å². The molecule has 0 aromatic carbocycles. The van der Waals surface area contributed by atoms with Crippen molar-refractivity contribution in [1.82, 2.24) is 15.6 Å². The second-order valence-electron chi connectivity index (χ2n) is 3.75.